The zero-order valence-electron chi connectivity index (χ0n) is 10.8. The van der Waals surface area contributed by atoms with Gasteiger partial charge < -0.3 is 5.32 Å². The highest BCUT2D eigenvalue weighted by Crippen LogP contribution is 2.10. The van der Waals surface area contributed by atoms with Gasteiger partial charge in [-0.2, -0.15) is 0 Å². The van der Waals surface area contributed by atoms with Crippen molar-refractivity contribution in [2.75, 3.05) is 39.8 Å². The van der Waals surface area contributed by atoms with Crippen molar-refractivity contribution in [2.24, 2.45) is 0 Å². The lowest BCUT2D eigenvalue weighted by atomic mass is 10.1. The van der Waals surface area contributed by atoms with E-state index in [1.165, 1.54) is 32.6 Å². The van der Waals surface area contributed by atoms with Gasteiger partial charge in [0, 0.05) is 38.3 Å². The predicted octanol–water partition coefficient (Wildman–Crippen LogP) is 1.01. The highest BCUT2D eigenvalue weighted by atomic mass is 15.3. The molecule has 0 aromatic carbocycles. The molecule has 0 bridgehead atoms. The monoisotopic (exact) mass is 213 g/mol. The molecule has 1 unspecified atom stereocenters. The molecule has 0 amide bonds. The van der Waals surface area contributed by atoms with E-state index in [4.69, 9.17) is 0 Å². The molecule has 0 radical (unpaired) electrons. The summed E-state index contributed by atoms with van der Waals surface area (Å²) in [5.41, 5.74) is 0. The van der Waals surface area contributed by atoms with Gasteiger partial charge in [0.05, 0.1) is 0 Å². The number of hydrogen-bond donors (Lipinski definition) is 1. The molecular weight excluding hydrogens is 186 g/mol. The van der Waals surface area contributed by atoms with Crippen LogP contribution in [0.25, 0.3) is 0 Å². The number of nitrogens with one attached hydrogen (secondary N) is 1. The van der Waals surface area contributed by atoms with E-state index in [0.29, 0.717) is 6.04 Å². The summed E-state index contributed by atoms with van der Waals surface area (Å²) in [7, 11) is 2.03. The molecule has 3 heteroatoms. The molecule has 90 valence electrons. The third-order valence-electron chi connectivity index (χ3n) is 3.51. The number of nitrogens with zero attached hydrogens (tertiary/aromatic N) is 2. The molecule has 0 aliphatic carbocycles. The van der Waals surface area contributed by atoms with E-state index in [9.17, 15) is 0 Å². The average molecular weight is 213 g/mol. The Morgan fingerprint density at radius 1 is 1.00 bits per heavy atom. The Hall–Kier alpha value is -0.120. The van der Waals surface area contributed by atoms with Crippen molar-refractivity contribution >= 4 is 0 Å². The van der Waals surface area contributed by atoms with E-state index in [1.54, 1.807) is 0 Å². The third-order valence-corrected chi connectivity index (χ3v) is 3.51. The molecule has 15 heavy (non-hydrogen) atoms. The highest BCUT2D eigenvalue weighted by Gasteiger charge is 2.21. The Morgan fingerprint density at radius 2 is 1.53 bits per heavy atom. The fraction of sp³-hybridized carbons (Fsp3) is 1.00. The van der Waals surface area contributed by atoms with Crippen molar-refractivity contribution in [3.63, 3.8) is 0 Å². The first-order valence-corrected chi connectivity index (χ1v) is 6.28. The highest BCUT2D eigenvalue weighted by molar-refractivity contribution is 4.78. The molecular formula is C12H27N3. The number of piperazine rings is 1. The van der Waals surface area contributed by atoms with Crippen LogP contribution in [-0.4, -0.2) is 61.7 Å². The van der Waals surface area contributed by atoms with Crippen molar-refractivity contribution < 1.29 is 0 Å². The Morgan fingerprint density at radius 3 is 2.00 bits per heavy atom. The summed E-state index contributed by atoms with van der Waals surface area (Å²) in [6.07, 6.45) is 1.26. The van der Waals surface area contributed by atoms with Crippen LogP contribution >= 0.6 is 0 Å². The predicted molar refractivity (Wildman–Crippen MR) is 66.3 cm³/mol. The lowest BCUT2D eigenvalue weighted by Crippen LogP contribution is -2.51. The van der Waals surface area contributed by atoms with E-state index in [1.807, 2.05) is 7.05 Å². The molecule has 0 spiro atoms. The second-order valence-corrected chi connectivity index (χ2v) is 4.91. The van der Waals surface area contributed by atoms with Gasteiger partial charge in [-0.05, 0) is 40.8 Å². The number of hydrogen-bond acceptors (Lipinski definition) is 3. The van der Waals surface area contributed by atoms with Gasteiger partial charge in [0.2, 0.25) is 0 Å². The van der Waals surface area contributed by atoms with Gasteiger partial charge in [0.25, 0.3) is 0 Å². The van der Waals surface area contributed by atoms with Crippen LogP contribution in [0, 0.1) is 0 Å². The minimum absolute atomic E-state index is 0.708. The molecule has 1 fully saturated rings. The first-order valence-electron chi connectivity index (χ1n) is 6.28. The van der Waals surface area contributed by atoms with E-state index < -0.39 is 0 Å². The minimum atomic E-state index is 0.708. The average Bonchev–Trinajstić information content (AvgIpc) is 2.26. The summed E-state index contributed by atoms with van der Waals surface area (Å²) in [4.78, 5) is 5.19. The van der Waals surface area contributed by atoms with Crippen molar-refractivity contribution in [1.82, 2.24) is 15.1 Å². The van der Waals surface area contributed by atoms with Crippen molar-refractivity contribution in [3.8, 4) is 0 Å². The lowest BCUT2D eigenvalue weighted by molar-refractivity contribution is 0.0809. The van der Waals surface area contributed by atoms with Gasteiger partial charge in [-0.15, -0.1) is 0 Å². The van der Waals surface area contributed by atoms with Crippen LogP contribution in [0.5, 0.6) is 0 Å². The zero-order valence-corrected chi connectivity index (χ0v) is 10.8. The Labute approximate surface area is 94.8 Å². The zero-order chi connectivity index (χ0) is 11.3. The first-order chi connectivity index (χ1) is 7.15. The van der Waals surface area contributed by atoms with Crippen LogP contribution in [0.3, 0.4) is 0 Å². The second-order valence-electron chi connectivity index (χ2n) is 4.91. The second kappa shape index (κ2) is 6.46. The maximum Gasteiger partial charge on any atom is 0.0113 e. The Balaban J connectivity index is 2.24. The van der Waals surface area contributed by atoms with E-state index in [-0.39, 0.29) is 0 Å². The summed E-state index contributed by atoms with van der Waals surface area (Å²) in [6, 6.07) is 1.44. The molecule has 0 saturated carbocycles. The van der Waals surface area contributed by atoms with Crippen LogP contribution in [0.15, 0.2) is 0 Å². The van der Waals surface area contributed by atoms with Crippen molar-refractivity contribution in [3.05, 3.63) is 0 Å². The quantitative estimate of drug-likeness (QED) is 0.735. The fourth-order valence-electron chi connectivity index (χ4n) is 2.23. The fourth-order valence-corrected chi connectivity index (χ4v) is 2.23. The largest absolute Gasteiger partial charge is 0.320 e. The Bertz CT molecular complexity index is 162. The maximum absolute atomic E-state index is 3.23. The van der Waals surface area contributed by atoms with Crippen molar-refractivity contribution in [2.45, 2.75) is 39.3 Å². The minimum Gasteiger partial charge on any atom is -0.320 e. The van der Waals surface area contributed by atoms with Crippen molar-refractivity contribution in [1.29, 1.82) is 0 Å². The van der Waals surface area contributed by atoms with Crippen LogP contribution in [0.2, 0.25) is 0 Å². The van der Waals surface area contributed by atoms with Crippen LogP contribution < -0.4 is 5.32 Å². The smallest absolute Gasteiger partial charge is 0.0113 e. The van der Waals surface area contributed by atoms with Crippen LogP contribution in [0.4, 0.5) is 0 Å². The van der Waals surface area contributed by atoms with Crippen LogP contribution in [-0.2, 0) is 0 Å². The molecule has 3 nitrogen and oxygen atoms in total. The molecule has 1 atom stereocenters. The van der Waals surface area contributed by atoms with Gasteiger partial charge in [-0.1, -0.05) is 0 Å². The SMILES string of the molecule is CNCCC(C)N1CCN(C(C)C)CC1. The molecule has 0 aromatic rings. The van der Waals surface area contributed by atoms with Gasteiger partial charge in [0.1, 0.15) is 0 Å². The summed E-state index contributed by atoms with van der Waals surface area (Å²) in [5, 5.41) is 3.23. The molecule has 1 rings (SSSR count). The molecule has 1 N–H and O–H groups in total. The van der Waals surface area contributed by atoms with E-state index in [2.05, 4.69) is 35.9 Å². The van der Waals surface area contributed by atoms with E-state index in [0.717, 1.165) is 12.6 Å². The van der Waals surface area contributed by atoms with Gasteiger partial charge in [-0.25, -0.2) is 0 Å². The summed E-state index contributed by atoms with van der Waals surface area (Å²) in [5.74, 6) is 0. The summed E-state index contributed by atoms with van der Waals surface area (Å²) >= 11 is 0. The topological polar surface area (TPSA) is 18.5 Å². The molecule has 1 aliphatic heterocycles. The van der Waals surface area contributed by atoms with E-state index >= 15 is 0 Å². The van der Waals surface area contributed by atoms with Gasteiger partial charge in [0.15, 0.2) is 0 Å². The molecule has 1 saturated heterocycles. The van der Waals surface area contributed by atoms with Gasteiger partial charge in [-0.3, -0.25) is 9.80 Å². The third kappa shape index (κ3) is 4.09. The molecule has 0 aromatic heterocycles. The van der Waals surface area contributed by atoms with Crippen LogP contribution in [0.1, 0.15) is 27.2 Å². The van der Waals surface area contributed by atoms with Gasteiger partial charge >= 0.3 is 0 Å². The lowest BCUT2D eigenvalue weighted by Gasteiger charge is -2.39. The molecule has 1 aliphatic rings. The molecule has 1 heterocycles. The summed E-state index contributed by atoms with van der Waals surface area (Å²) in [6.45, 7) is 13.0. The standard InChI is InChI=1S/C12H27N3/c1-11(2)14-7-9-15(10-8-14)12(3)5-6-13-4/h11-13H,5-10H2,1-4H3. The number of rotatable bonds is 5. The summed E-state index contributed by atoms with van der Waals surface area (Å²) < 4.78 is 0. The normalized spacial score (nSPS) is 22.2. The Kier molecular flexibility index (Phi) is 5.58. The first kappa shape index (κ1) is 12.9. The maximum atomic E-state index is 3.23.